The van der Waals surface area contributed by atoms with Crippen LogP contribution in [-0.4, -0.2) is 71.9 Å². The molecule has 1 fully saturated rings. The van der Waals surface area contributed by atoms with Crippen molar-refractivity contribution in [1.29, 1.82) is 0 Å². The van der Waals surface area contributed by atoms with Crippen LogP contribution in [0.15, 0.2) is 72.8 Å². The Bertz CT molecular complexity index is 1970. The number of halogens is 3. The van der Waals surface area contributed by atoms with Crippen LogP contribution in [0.3, 0.4) is 0 Å². The zero-order chi connectivity index (χ0) is 36.3. The molecular weight excluding hydrogens is 786 g/mol. The quantitative estimate of drug-likeness (QED) is 0.107. The van der Waals surface area contributed by atoms with Crippen molar-refractivity contribution >= 4 is 62.8 Å². The second-order valence-electron chi connectivity index (χ2n) is 13.2. The molecule has 0 saturated carbocycles. The van der Waals surface area contributed by atoms with Crippen molar-refractivity contribution in [3.63, 3.8) is 0 Å². The Labute approximate surface area is 315 Å². The van der Waals surface area contributed by atoms with Crippen LogP contribution in [0.5, 0.6) is 11.5 Å². The number of ether oxygens (including phenoxy) is 3. The Kier molecular flexibility index (Phi) is 11.0. The molecule has 0 radical (unpaired) electrons. The zero-order valence-corrected chi connectivity index (χ0v) is 32.0. The number of carbonyl (C=O) groups excluding carboxylic acids is 1. The number of benzene rings is 3. The third-order valence-electron chi connectivity index (χ3n) is 8.44. The molecule has 3 heterocycles. The fourth-order valence-corrected chi connectivity index (χ4v) is 6.72. The predicted molar refractivity (Wildman–Crippen MR) is 206 cm³/mol. The number of piperazine rings is 1. The van der Waals surface area contributed by atoms with Crippen molar-refractivity contribution < 1.29 is 23.4 Å². The first-order valence-corrected chi connectivity index (χ1v) is 17.9. The molecule has 13 heteroatoms. The first kappa shape index (κ1) is 36.4. The number of hydrogen-bond donors (Lipinski definition) is 0. The number of hydrogen-bond acceptors (Lipinski definition) is 9. The maximum absolute atomic E-state index is 15.0. The van der Waals surface area contributed by atoms with Crippen molar-refractivity contribution in [2.45, 2.75) is 39.5 Å². The van der Waals surface area contributed by atoms with E-state index in [0.717, 1.165) is 32.0 Å². The van der Waals surface area contributed by atoms with Gasteiger partial charge in [0.25, 0.3) is 0 Å². The summed E-state index contributed by atoms with van der Waals surface area (Å²) in [6.07, 6.45) is -1.22. The first-order chi connectivity index (χ1) is 24.4. The molecule has 1 saturated heterocycles. The van der Waals surface area contributed by atoms with Crippen LogP contribution in [0.1, 0.15) is 31.9 Å². The minimum absolute atomic E-state index is 0.371. The van der Waals surface area contributed by atoms with Crippen molar-refractivity contribution in [1.82, 2.24) is 19.9 Å². The second-order valence-corrected chi connectivity index (χ2v) is 14.7. The van der Waals surface area contributed by atoms with Gasteiger partial charge in [0, 0.05) is 53.8 Å². The molecule has 0 spiro atoms. The normalized spacial score (nSPS) is 13.3. The van der Waals surface area contributed by atoms with Gasteiger partial charge in [0.2, 0.25) is 0 Å². The van der Waals surface area contributed by atoms with Crippen molar-refractivity contribution in [3.05, 3.63) is 98.6 Å². The van der Waals surface area contributed by atoms with E-state index in [1.165, 1.54) is 0 Å². The average molecular weight is 825 g/mol. The summed E-state index contributed by atoms with van der Waals surface area (Å²) in [4.78, 5) is 31.9. The van der Waals surface area contributed by atoms with Gasteiger partial charge in [-0.15, -0.1) is 0 Å². The predicted octanol–water partition coefficient (Wildman–Crippen LogP) is 8.37. The molecule has 1 amide bonds. The SMILES string of the molecule is COc1ccc(CN(Cc2ccc(OC)cc2)c2ccc(I)c(-c3cc4nc(F)nc(N5CCN(C(=O)OC(C)(C)C)CC5)c4cc3Cl)n2)cc1. The van der Waals surface area contributed by atoms with E-state index in [1.54, 1.807) is 31.3 Å². The highest BCUT2D eigenvalue weighted by atomic mass is 127. The van der Waals surface area contributed by atoms with Crippen LogP contribution in [0, 0.1) is 9.65 Å². The second kappa shape index (κ2) is 15.4. The summed E-state index contributed by atoms with van der Waals surface area (Å²) in [5.74, 6) is 2.74. The zero-order valence-electron chi connectivity index (χ0n) is 29.1. The van der Waals surface area contributed by atoms with E-state index < -0.39 is 11.7 Å². The largest absolute Gasteiger partial charge is 0.497 e. The number of nitrogens with zero attached hydrogens (tertiary/aromatic N) is 6. The molecule has 0 aliphatic carbocycles. The summed E-state index contributed by atoms with van der Waals surface area (Å²) < 4.78 is 32.2. The van der Waals surface area contributed by atoms with Crippen LogP contribution < -0.4 is 19.3 Å². The fraction of sp³-hybridized carbons (Fsp3) is 0.316. The molecule has 0 N–H and O–H groups in total. The van der Waals surface area contributed by atoms with E-state index in [0.29, 0.717) is 72.3 Å². The maximum Gasteiger partial charge on any atom is 0.410 e. The van der Waals surface area contributed by atoms with Gasteiger partial charge in [-0.25, -0.2) is 14.8 Å². The summed E-state index contributed by atoms with van der Waals surface area (Å²) >= 11 is 9.26. The van der Waals surface area contributed by atoms with E-state index in [2.05, 4.69) is 37.5 Å². The van der Waals surface area contributed by atoms with E-state index in [-0.39, 0.29) is 6.09 Å². The lowest BCUT2D eigenvalue weighted by Crippen LogP contribution is -2.50. The molecule has 2 aromatic heterocycles. The van der Waals surface area contributed by atoms with Gasteiger partial charge in [0.05, 0.1) is 30.5 Å². The number of anilines is 2. The Morgan fingerprint density at radius 1 is 0.863 bits per heavy atom. The molecule has 51 heavy (non-hydrogen) atoms. The molecule has 5 aromatic rings. The lowest BCUT2D eigenvalue weighted by molar-refractivity contribution is 0.0240. The van der Waals surface area contributed by atoms with E-state index in [9.17, 15) is 4.79 Å². The highest BCUT2D eigenvalue weighted by Crippen LogP contribution is 2.37. The van der Waals surface area contributed by atoms with Crippen LogP contribution in [0.2, 0.25) is 5.02 Å². The topological polar surface area (TPSA) is 93.2 Å². The lowest BCUT2D eigenvalue weighted by Gasteiger charge is -2.36. The highest BCUT2D eigenvalue weighted by Gasteiger charge is 2.28. The van der Waals surface area contributed by atoms with Gasteiger partial charge in [-0.1, -0.05) is 35.9 Å². The lowest BCUT2D eigenvalue weighted by atomic mass is 10.1. The first-order valence-electron chi connectivity index (χ1n) is 16.5. The average Bonchev–Trinajstić information content (AvgIpc) is 3.11. The molecule has 0 atom stereocenters. The smallest absolute Gasteiger partial charge is 0.410 e. The van der Waals surface area contributed by atoms with Gasteiger partial charge >= 0.3 is 12.2 Å². The fourth-order valence-electron chi connectivity index (χ4n) is 5.87. The Hall–Kier alpha value is -4.43. The van der Waals surface area contributed by atoms with Gasteiger partial charge < -0.3 is 28.9 Å². The van der Waals surface area contributed by atoms with Crippen LogP contribution >= 0.6 is 34.2 Å². The molecule has 0 bridgehead atoms. The van der Waals surface area contributed by atoms with Crippen molar-refractivity contribution in [2.75, 3.05) is 50.2 Å². The van der Waals surface area contributed by atoms with Gasteiger partial charge in [0.1, 0.15) is 28.7 Å². The maximum atomic E-state index is 15.0. The number of fused-ring (bicyclic) bond motifs is 1. The summed E-state index contributed by atoms with van der Waals surface area (Å²) in [6.45, 7) is 8.38. The van der Waals surface area contributed by atoms with Gasteiger partial charge in [0.15, 0.2) is 0 Å². The van der Waals surface area contributed by atoms with Crippen LogP contribution in [-0.2, 0) is 17.8 Å². The van der Waals surface area contributed by atoms with E-state index in [4.69, 9.17) is 30.8 Å². The molecule has 6 rings (SSSR count). The molecule has 0 unspecified atom stereocenters. The highest BCUT2D eigenvalue weighted by molar-refractivity contribution is 14.1. The van der Waals surface area contributed by atoms with Gasteiger partial charge in [-0.2, -0.15) is 9.37 Å². The minimum atomic E-state index is -0.845. The third-order valence-corrected chi connectivity index (χ3v) is 9.63. The van der Waals surface area contributed by atoms with Gasteiger partial charge in [-0.3, -0.25) is 0 Å². The molecule has 3 aromatic carbocycles. The van der Waals surface area contributed by atoms with Crippen LogP contribution in [0.25, 0.3) is 22.2 Å². The number of rotatable bonds is 9. The Morgan fingerprint density at radius 3 is 2.00 bits per heavy atom. The summed E-state index contributed by atoms with van der Waals surface area (Å²) in [5, 5.41) is 1.05. The van der Waals surface area contributed by atoms with Crippen molar-refractivity contribution in [2.24, 2.45) is 0 Å². The number of methoxy groups -OCH3 is 2. The van der Waals surface area contributed by atoms with Crippen molar-refractivity contribution in [3.8, 4) is 22.8 Å². The summed E-state index contributed by atoms with van der Waals surface area (Å²) in [7, 11) is 3.30. The molecular formula is C38H39ClFIN6O4. The number of aromatic nitrogens is 3. The number of pyridine rings is 1. The monoisotopic (exact) mass is 824 g/mol. The molecule has 266 valence electrons. The number of amides is 1. The molecule has 10 nitrogen and oxygen atoms in total. The molecule has 1 aliphatic heterocycles. The van der Waals surface area contributed by atoms with E-state index >= 15 is 4.39 Å². The van der Waals surface area contributed by atoms with Gasteiger partial charge in [-0.05, 0) is 103 Å². The summed E-state index contributed by atoms with van der Waals surface area (Å²) in [6, 6.07) is 23.5. The molecule has 1 aliphatic rings. The van der Waals surface area contributed by atoms with Crippen LogP contribution in [0.4, 0.5) is 20.8 Å². The third kappa shape index (κ3) is 8.73. The summed E-state index contributed by atoms with van der Waals surface area (Å²) in [5.41, 5.74) is 3.27. The standard InChI is InChI=1S/C38H39ClFIN6O4/c1-38(2,3)51-37(48)46-18-16-45(17-19-46)35-29-20-30(39)28(21-32(29)42-36(40)44-35)34-31(41)14-15-33(43-34)47(22-24-6-10-26(49-4)11-7-24)23-25-8-12-27(50-5)13-9-25/h6-15,20-21H,16-19,22-23H2,1-5H3. The Balaban J connectivity index is 1.32. The minimum Gasteiger partial charge on any atom is -0.497 e. The number of carbonyl (C=O) groups is 1. The Morgan fingerprint density at radius 2 is 1.45 bits per heavy atom. The van der Waals surface area contributed by atoms with E-state index in [1.807, 2.05) is 86.3 Å².